The van der Waals surface area contributed by atoms with Gasteiger partial charge in [0, 0.05) is 13.6 Å². The lowest BCUT2D eigenvalue weighted by molar-refractivity contribution is -0.141. The van der Waals surface area contributed by atoms with Crippen LogP contribution in [0, 0.1) is 0 Å². The van der Waals surface area contributed by atoms with Crippen LogP contribution in [-0.4, -0.2) is 32.2 Å². The number of aromatic nitrogens is 1. The predicted octanol–water partition coefficient (Wildman–Crippen LogP) is 1.73. The van der Waals surface area contributed by atoms with E-state index in [0.29, 0.717) is 12.2 Å². The third-order valence-corrected chi connectivity index (χ3v) is 2.53. The van der Waals surface area contributed by atoms with Crippen LogP contribution in [0.25, 0.3) is 0 Å². The van der Waals surface area contributed by atoms with E-state index in [9.17, 15) is 13.2 Å². The molecule has 0 aliphatic rings. The van der Waals surface area contributed by atoms with Gasteiger partial charge >= 0.3 is 6.18 Å². The highest BCUT2D eigenvalue weighted by molar-refractivity contribution is 5.66. The van der Waals surface area contributed by atoms with E-state index in [4.69, 9.17) is 5.73 Å². The molecule has 1 rings (SSSR count). The van der Waals surface area contributed by atoms with E-state index in [2.05, 4.69) is 10.3 Å². The largest absolute Gasteiger partial charge is 0.433 e. The monoisotopic (exact) mass is 262 g/mol. The van der Waals surface area contributed by atoms with Gasteiger partial charge in [-0.25, -0.2) is 4.98 Å². The van der Waals surface area contributed by atoms with E-state index >= 15 is 0 Å². The zero-order chi connectivity index (χ0) is 13.8. The Morgan fingerprint density at radius 1 is 1.44 bits per heavy atom. The minimum atomic E-state index is -4.45. The van der Waals surface area contributed by atoms with Crippen LogP contribution in [0.1, 0.15) is 12.1 Å². The summed E-state index contributed by atoms with van der Waals surface area (Å²) in [7, 11) is 3.53. The molecular formula is C11H17F3N4. The molecule has 0 fully saturated rings. The van der Waals surface area contributed by atoms with E-state index in [-0.39, 0.29) is 5.69 Å². The van der Waals surface area contributed by atoms with Gasteiger partial charge in [0.15, 0.2) is 0 Å². The third kappa shape index (κ3) is 3.76. The Labute approximate surface area is 104 Å². The number of hydrogen-bond acceptors (Lipinski definition) is 4. The van der Waals surface area contributed by atoms with Gasteiger partial charge in [-0.15, -0.1) is 0 Å². The second kappa shape index (κ2) is 5.90. The number of nitrogen functional groups attached to an aromatic ring is 1. The molecule has 1 heterocycles. The number of nitrogens with two attached hydrogens (primary N) is 1. The lowest BCUT2D eigenvalue weighted by Gasteiger charge is -2.21. The maximum absolute atomic E-state index is 12.5. The maximum atomic E-state index is 12.5. The molecule has 7 heteroatoms. The molecule has 0 saturated carbocycles. The summed E-state index contributed by atoms with van der Waals surface area (Å²) >= 11 is 0. The van der Waals surface area contributed by atoms with Crippen LogP contribution in [0.15, 0.2) is 12.3 Å². The molecule has 3 N–H and O–H groups in total. The van der Waals surface area contributed by atoms with Gasteiger partial charge in [0.1, 0.15) is 5.69 Å². The maximum Gasteiger partial charge on any atom is 0.433 e. The quantitative estimate of drug-likeness (QED) is 0.793. The molecule has 0 spiro atoms. The predicted molar refractivity (Wildman–Crippen MR) is 65.5 cm³/mol. The average molecular weight is 262 g/mol. The van der Waals surface area contributed by atoms with Crippen LogP contribution in [0.5, 0.6) is 0 Å². The molecule has 0 radical (unpaired) electrons. The Morgan fingerprint density at radius 2 is 2.11 bits per heavy atom. The standard InChI is InChI=1S/C11H17F3N4/c1-16-4-3-5-18(2)9-6-10(11(12,13)14)17-7-8(9)15/h6-7,16H,3-5,15H2,1-2H3. The summed E-state index contributed by atoms with van der Waals surface area (Å²) in [6, 6.07) is 0.981. The summed E-state index contributed by atoms with van der Waals surface area (Å²) in [6.45, 7) is 1.41. The van der Waals surface area contributed by atoms with Crippen molar-refractivity contribution < 1.29 is 13.2 Å². The van der Waals surface area contributed by atoms with Crippen LogP contribution < -0.4 is 16.0 Å². The minimum Gasteiger partial charge on any atom is -0.396 e. The smallest absolute Gasteiger partial charge is 0.396 e. The third-order valence-electron chi connectivity index (χ3n) is 2.53. The van der Waals surface area contributed by atoms with Crippen molar-refractivity contribution in [2.45, 2.75) is 12.6 Å². The van der Waals surface area contributed by atoms with Gasteiger partial charge in [-0.3, -0.25) is 0 Å². The van der Waals surface area contributed by atoms with E-state index in [1.807, 2.05) is 7.05 Å². The number of hydrogen-bond donors (Lipinski definition) is 2. The molecule has 18 heavy (non-hydrogen) atoms. The number of anilines is 2. The van der Waals surface area contributed by atoms with Gasteiger partial charge in [-0.05, 0) is 26.1 Å². The zero-order valence-corrected chi connectivity index (χ0v) is 10.4. The molecule has 0 aliphatic heterocycles. The average Bonchev–Trinajstić information content (AvgIpc) is 2.28. The molecule has 0 bridgehead atoms. The number of nitrogens with one attached hydrogen (secondary N) is 1. The van der Waals surface area contributed by atoms with Crippen LogP contribution in [0.4, 0.5) is 24.5 Å². The summed E-state index contributed by atoms with van der Waals surface area (Å²) in [4.78, 5) is 5.00. The molecule has 0 saturated heterocycles. The molecule has 102 valence electrons. The fraction of sp³-hybridized carbons (Fsp3) is 0.545. The van der Waals surface area contributed by atoms with Crippen LogP contribution in [0.2, 0.25) is 0 Å². The molecule has 1 aromatic rings. The second-order valence-electron chi connectivity index (χ2n) is 4.00. The van der Waals surface area contributed by atoms with Gasteiger partial charge in [-0.2, -0.15) is 13.2 Å². The van der Waals surface area contributed by atoms with Crippen molar-refractivity contribution in [3.8, 4) is 0 Å². The highest BCUT2D eigenvalue weighted by Crippen LogP contribution is 2.32. The van der Waals surface area contributed by atoms with Crippen molar-refractivity contribution in [2.75, 3.05) is 37.8 Å². The summed E-state index contributed by atoms with van der Waals surface area (Å²) < 4.78 is 37.6. The summed E-state index contributed by atoms with van der Waals surface area (Å²) in [5.41, 5.74) is 5.33. The Kier molecular flexibility index (Phi) is 4.77. The molecule has 0 atom stereocenters. The van der Waals surface area contributed by atoms with Gasteiger partial charge in [-0.1, -0.05) is 0 Å². The van der Waals surface area contributed by atoms with Crippen molar-refractivity contribution in [3.05, 3.63) is 18.0 Å². The second-order valence-corrected chi connectivity index (χ2v) is 4.00. The number of nitrogens with zero attached hydrogens (tertiary/aromatic N) is 2. The number of pyridine rings is 1. The van der Waals surface area contributed by atoms with Gasteiger partial charge in [0.05, 0.1) is 17.6 Å². The molecular weight excluding hydrogens is 245 g/mol. The Bertz CT molecular complexity index is 392. The SMILES string of the molecule is CNCCCN(C)c1cc(C(F)(F)F)ncc1N. The Morgan fingerprint density at radius 3 is 2.67 bits per heavy atom. The first kappa shape index (κ1) is 14.6. The molecule has 0 amide bonds. The fourth-order valence-electron chi connectivity index (χ4n) is 1.55. The summed E-state index contributed by atoms with van der Waals surface area (Å²) in [5, 5.41) is 2.97. The van der Waals surface area contributed by atoms with Crippen LogP contribution in [0.3, 0.4) is 0 Å². The summed E-state index contributed by atoms with van der Waals surface area (Å²) in [5.74, 6) is 0. The normalized spacial score (nSPS) is 11.6. The van der Waals surface area contributed by atoms with Crippen molar-refractivity contribution in [1.82, 2.24) is 10.3 Å². The fourth-order valence-corrected chi connectivity index (χ4v) is 1.55. The Balaban J connectivity index is 2.86. The highest BCUT2D eigenvalue weighted by Gasteiger charge is 2.33. The highest BCUT2D eigenvalue weighted by atomic mass is 19.4. The van der Waals surface area contributed by atoms with Gasteiger partial charge in [0.2, 0.25) is 0 Å². The van der Waals surface area contributed by atoms with E-state index in [1.54, 1.807) is 11.9 Å². The van der Waals surface area contributed by atoms with E-state index in [0.717, 1.165) is 25.2 Å². The first-order valence-corrected chi connectivity index (χ1v) is 5.54. The van der Waals surface area contributed by atoms with Crippen molar-refractivity contribution in [3.63, 3.8) is 0 Å². The Hall–Kier alpha value is -1.50. The molecule has 0 aromatic carbocycles. The molecule has 0 aliphatic carbocycles. The molecule has 0 unspecified atom stereocenters. The minimum absolute atomic E-state index is 0.245. The topological polar surface area (TPSA) is 54.2 Å². The van der Waals surface area contributed by atoms with Gasteiger partial charge in [0.25, 0.3) is 0 Å². The first-order valence-electron chi connectivity index (χ1n) is 5.54. The first-order chi connectivity index (χ1) is 8.36. The van der Waals surface area contributed by atoms with E-state index in [1.165, 1.54) is 0 Å². The van der Waals surface area contributed by atoms with Gasteiger partial charge < -0.3 is 16.0 Å². The number of halogens is 3. The lowest BCUT2D eigenvalue weighted by atomic mass is 10.2. The van der Waals surface area contributed by atoms with Crippen molar-refractivity contribution in [1.29, 1.82) is 0 Å². The molecule has 4 nitrogen and oxygen atoms in total. The number of rotatable bonds is 5. The van der Waals surface area contributed by atoms with Crippen LogP contribution in [-0.2, 0) is 6.18 Å². The number of alkyl halides is 3. The lowest BCUT2D eigenvalue weighted by Crippen LogP contribution is -2.24. The molecule has 1 aromatic heterocycles. The van der Waals surface area contributed by atoms with E-state index < -0.39 is 11.9 Å². The van der Waals surface area contributed by atoms with Crippen molar-refractivity contribution >= 4 is 11.4 Å². The van der Waals surface area contributed by atoms with Crippen LogP contribution >= 0.6 is 0 Å². The van der Waals surface area contributed by atoms with Crippen molar-refractivity contribution in [2.24, 2.45) is 0 Å². The zero-order valence-electron chi connectivity index (χ0n) is 10.4. The summed E-state index contributed by atoms with van der Waals surface area (Å²) in [6.07, 6.45) is -2.59.